The molecule has 1 saturated carbocycles. The predicted molar refractivity (Wildman–Crippen MR) is 101 cm³/mol. The van der Waals surface area contributed by atoms with Gasteiger partial charge in [0.25, 0.3) is 0 Å². The highest BCUT2D eigenvalue weighted by Crippen LogP contribution is 2.21. The van der Waals surface area contributed by atoms with Gasteiger partial charge in [-0.05, 0) is 62.2 Å². The minimum absolute atomic E-state index is 0.0445. The Morgan fingerprint density at radius 2 is 1.96 bits per heavy atom. The molecule has 0 aliphatic heterocycles. The fourth-order valence-electron chi connectivity index (χ4n) is 2.55. The van der Waals surface area contributed by atoms with Gasteiger partial charge in [-0.25, -0.2) is 0 Å². The zero-order valence-corrected chi connectivity index (χ0v) is 15.4. The standard InChI is InChI=1S/C17H25N3OS2/c1-12-7-8-15(11-13(12)2)23-10-9-16(21)19-20-17(22)18-14-5-3-4-6-14/h7-8,11,14H,3-6,9-10H2,1-2H3,(H,19,21)(H2,18,20,22). The molecule has 0 aromatic heterocycles. The second-order valence-electron chi connectivity index (χ2n) is 5.97. The summed E-state index contributed by atoms with van der Waals surface area (Å²) in [7, 11) is 0. The Morgan fingerprint density at radius 1 is 1.22 bits per heavy atom. The van der Waals surface area contributed by atoms with E-state index in [4.69, 9.17) is 12.2 Å². The summed E-state index contributed by atoms with van der Waals surface area (Å²) in [6.07, 6.45) is 5.27. The van der Waals surface area contributed by atoms with Gasteiger partial charge in [-0.15, -0.1) is 11.8 Å². The fourth-order valence-corrected chi connectivity index (χ4v) is 3.71. The SMILES string of the molecule is Cc1ccc(SCCC(=O)NNC(=S)NC2CCCC2)cc1C. The van der Waals surface area contributed by atoms with Crippen molar-refractivity contribution in [2.75, 3.05) is 5.75 Å². The van der Waals surface area contributed by atoms with Crippen molar-refractivity contribution < 1.29 is 4.79 Å². The van der Waals surface area contributed by atoms with Crippen LogP contribution in [-0.4, -0.2) is 22.8 Å². The van der Waals surface area contributed by atoms with Crippen LogP contribution in [0.25, 0.3) is 0 Å². The Hall–Kier alpha value is -1.27. The van der Waals surface area contributed by atoms with Gasteiger partial charge in [-0.1, -0.05) is 18.9 Å². The van der Waals surface area contributed by atoms with Crippen molar-refractivity contribution in [3.63, 3.8) is 0 Å². The summed E-state index contributed by atoms with van der Waals surface area (Å²) in [4.78, 5) is 13.0. The smallest absolute Gasteiger partial charge is 0.239 e. The molecule has 0 radical (unpaired) electrons. The molecule has 1 aromatic rings. The van der Waals surface area contributed by atoms with Gasteiger partial charge in [0, 0.05) is 23.1 Å². The average molecular weight is 352 g/mol. The van der Waals surface area contributed by atoms with Gasteiger partial charge in [0.15, 0.2) is 5.11 Å². The van der Waals surface area contributed by atoms with Crippen molar-refractivity contribution in [3.05, 3.63) is 29.3 Å². The van der Waals surface area contributed by atoms with Crippen LogP contribution < -0.4 is 16.2 Å². The number of rotatable bonds is 5. The molecule has 1 aromatic carbocycles. The molecule has 0 spiro atoms. The molecule has 4 nitrogen and oxygen atoms in total. The first-order valence-electron chi connectivity index (χ1n) is 8.10. The van der Waals surface area contributed by atoms with E-state index in [9.17, 15) is 4.79 Å². The maximum absolute atomic E-state index is 11.8. The van der Waals surface area contributed by atoms with Gasteiger partial charge < -0.3 is 5.32 Å². The summed E-state index contributed by atoms with van der Waals surface area (Å²) < 4.78 is 0. The number of carbonyl (C=O) groups excluding carboxylic acids is 1. The number of amides is 1. The molecule has 6 heteroatoms. The van der Waals surface area contributed by atoms with Crippen molar-refractivity contribution in [3.8, 4) is 0 Å². The Kier molecular flexibility index (Phi) is 7.17. The quantitative estimate of drug-likeness (QED) is 0.432. The van der Waals surface area contributed by atoms with E-state index < -0.39 is 0 Å². The van der Waals surface area contributed by atoms with E-state index in [1.165, 1.54) is 28.9 Å². The Balaban J connectivity index is 1.60. The summed E-state index contributed by atoms with van der Waals surface area (Å²) in [6.45, 7) is 4.21. The monoisotopic (exact) mass is 351 g/mol. The van der Waals surface area contributed by atoms with Gasteiger partial charge in [-0.2, -0.15) is 0 Å². The van der Waals surface area contributed by atoms with Gasteiger partial charge in [-0.3, -0.25) is 15.6 Å². The Labute approximate surface area is 148 Å². The van der Waals surface area contributed by atoms with E-state index >= 15 is 0 Å². The fraction of sp³-hybridized carbons (Fsp3) is 0.529. The number of hydrogen-bond acceptors (Lipinski definition) is 3. The molecule has 0 bridgehead atoms. The third kappa shape index (κ3) is 6.39. The molecule has 1 fully saturated rings. The zero-order valence-electron chi connectivity index (χ0n) is 13.8. The molecule has 0 heterocycles. The average Bonchev–Trinajstić information content (AvgIpc) is 3.02. The maximum Gasteiger partial charge on any atom is 0.239 e. The van der Waals surface area contributed by atoms with Crippen LogP contribution in [0.3, 0.4) is 0 Å². The van der Waals surface area contributed by atoms with Crippen molar-refractivity contribution in [2.45, 2.75) is 56.9 Å². The second kappa shape index (κ2) is 9.13. The van der Waals surface area contributed by atoms with Crippen molar-refractivity contribution in [1.82, 2.24) is 16.2 Å². The summed E-state index contributed by atoms with van der Waals surface area (Å²) in [5.74, 6) is 0.704. The summed E-state index contributed by atoms with van der Waals surface area (Å²) in [5.41, 5.74) is 8.02. The number of benzene rings is 1. The first-order valence-corrected chi connectivity index (χ1v) is 9.49. The van der Waals surface area contributed by atoms with Crippen LogP contribution in [0.1, 0.15) is 43.2 Å². The van der Waals surface area contributed by atoms with Crippen molar-refractivity contribution >= 4 is 35.0 Å². The lowest BCUT2D eigenvalue weighted by Crippen LogP contribution is -2.49. The number of thioether (sulfide) groups is 1. The molecule has 0 atom stereocenters. The highest BCUT2D eigenvalue weighted by Gasteiger charge is 2.15. The van der Waals surface area contributed by atoms with E-state index in [1.807, 2.05) is 0 Å². The van der Waals surface area contributed by atoms with Crippen LogP contribution in [-0.2, 0) is 4.79 Å². The van der Waals surface area contributed by atoms with Crippen LogP contribution in [0.4, 0.5) is 0 Å². The molecule has 23 heavy (non-hydrogen) atoms. The minimum Gasteiger partial charge on any atom is -0.359 e. The molecule has 2 rings (SSSR count). The van der Waals surface area contributed by atoms with Crippen LogP contribution in [0.2, 0.25) is 0 Å². The zero-order chi connectivity index (χ0) is 16.7. The first-order chi connectivity index (χ1) is 11.0. The highest BCUT2D eigenvalue weighted by molar-refractivity contribution is 7.99. The van der Waals surface area contributed by atoms with Gasteiger partial charge >= 0.3 is 0 Å². The molecular formula is C17H25N3OS2. The van der Waals surface area contributed by atoms with Crippen LogP contribution in [0.15, 0.2) is 23.1 Å². The molecular weight excluding hydrogens is 326 g/mol. The molecule has 3 N–H and O–H groups in total. The normalized spacial score (nSPS) is 14.5. The predicted octanol–water partition coefficient (Wildman–Crippen LogP) is 3.22. The van der Waals surface area contributed by atoms with Crippen LogP contribution in [0.5, 0.6) is 0 Å². The third-order valence-corrected chi connectivity index (χ3v) is 5.30. The molecule has 0 saturated heterocycles. The Morgan fingerprint density at radius 3 is 2.65 bits per heavy atom. The van der Waals surface area contributed by atoms with Gasteiger partial charge in [0.05, 0.1) is 0 Å². The molecule has 1 amide bonds. The van der Waals surface area contributed by atoms with Crippen molar-refractivity contribution in [1.29, 1.82) is 0 Å². The second-order valence-corrected chi connectivity index (χ2v) is 7.55. The highest BCUT2D eigenvalue weighted by atomic mass is 32.2. The number of thiocarbonyl (C=S) groups is 1. The lowest BCUT2D eigenvalue weighted by atomic mass is 10.1. The number of nitrogens with one attached hydrogen (secondary N) is 3. The number of carbonyl (C=O) groups is 1. The van der Waals surface area contributed by atoms with E-state index in [1.54, 1.807) is 11.8 Å². The number of hydrazine groups is 1. The number of hydrogen-bond donors (Lipinski definition) is 3. The Bertz CT molecular complexity index is 557. The number of aryl methyl sites for hydroxylation is 2. The van der Waals surface area contributed by atoms with Crippen molar-refractivity contribution in [2.24, 2.45) is 0 Å². The summed E-state index contributed by atoms with van der Waals surface area (Å²) in [6, 6.07) is 6.83. The summed E-state index contributed by atoms with van der Waals surface area (Å²) in [5, 5.41) is 3.73. The lowest BCUT2D eigenvalue weighted by Gasteiger charge is -2.16. The molecule has 1 aliphatic carbocycles. The van der Waals surface area contributed by atoms with Gasteiger partial charge in [0.1, 0.15) is 0 Å². The van der Waals surface area contributed by atoms with E-state index in [2.05, 4.69) is 48.2 Å². The molecule has 1 aliphatic rings. The third-order valence-electron chi connectivity index (χ3n) is 4.08. The molecule has 0 unspecified atom stereocenters. The van der Waals surface area contributed by atoms with Crippen LogP contribution in [0, 0.1) is 13.8 Å². The largest absolute Gasteiger partial charge is 0.359 e. The van der Waals surface area contributed by atoms with E-state index in [0.29, 0.717) is 17.6 Å². The van der Waals surface area contributed by atoms with E-state index in [0.717, 1.165) is 18.6 Å². The topological polar surface area (TPSA) is 53.2 Å². The van der Waals surface area contributed by atoms with Crippen LogP contribution >= 0.6 is 24.0 Å². The minimum atomic E-state index is -0.0445. The first kappa shape index (κ1) is 18.1. The lowest BCUT2D eigenvalue weighted by molar-refractivity contribution is -0.121. The van der Waals surface area contributed by atoms with E-state index in [-0.39, 0.29) is 5.91 Å². The molecule has 126 valence electrons. The maximum atomic E-state index is 11.8. The summed E-state index contributed by atoms with van der Waals surface area (Å²) >= 11 is 6.88. The van der Waals surface area contributed by atoms with Gasteiger partial charge in [0.2, 0.25) is 5.91 Å².